The highest BCUT2D eigenvalue weighted by atomic mass is 32.1. The molecular formula is C17H27N3O2S. The Hall–Kier alpha value is -1.11. The molecule has 3 N–H and O–H groups in total. The Bertz CT molecular complexity index is 520. The Balaban J connectivity index is 1.29. The van der Waals surface area contributed by atoms with Gasteiger partial charge in [-0.1, -0.05) is 6.42 Å². The van der Waals surface area contributed by atoms with Crippen LogP contribution in [0.4, 0.5) is 4.79 Å². The lowest BCUT2D eigenvalue weighted by atomic mass is 9.87. The molecule has 1 aromatic rings. The molecule has 0 bridgehead atoms. The predicted molar refractivity (Wildman–Crippen MR) is 92.7 cm³/mol. The number of fused-ring (bicyclic) bond motifs is 1. The molecule has 2 heterocycles. The summed E-state index contributed by atoms with van der Waals surface area (Å²) < 4.78 is 0. The van der Waals surface area contributed by atoms with E-state index in [1.54, 1.807) is 0 Å². The van der Waals surface area contributed by atoms with E-state index in [1.807, 2.05) is 11.3 Å². The van der Waals surface area contributed by atoms with Gasteiger partial charge < -0.3 is 15.7 Å². The number of aliphatic hydroxyl groups is 1. The fraction of sp³-hybridized carbons (Fsp3) is 0.706. The third-order valence-corrected chi connectivity index (χ3v) is 5.93. The SMILES string of the molecule is O=C(NCCN1CCc2sccc2C1)NCC1CCCC(O)C1. The maximum atomic E-state index is 11.9. The van der Waals surface area contributed by atoms with Crippen LogP contribution in [-0.4, -0.2) is 48.3 Å². The molecule has 0 spiro atoms. The maximum absolute atomic E-state index is 11.9. The zero-order chi connectivity index (χ0) is 16.1. The Morgan fingerprint density at radius 2 is 2.30 bits per heavy atom. The van der Waals surface area contributed by atoms with E-state index in [2.05, 4.69) is 27.0 Å². The first-order valence-electron chi connectivity index (χ1n) is 8.68. The molecule has 3 rings (SSSR count). The minimum absolute atomic E-state index is 0.0849. The molecule has 0 radical (unpaired) electrons. The summed E-state index contributed by atoms with van der Waals surface area (Å²) in [4.78, 5) is 15.8. The molecule has 1 aliphatic heterocycles. The van der Waals surface area contributed by atoms with E-state index in [9.17, 15) is 9.90 Å². The molecule has 6 heteroatoms. The molecule has 2 unspecified atom stereocenters. The molecule has 128 valence electrons. The zero-order valence-electron chi connectivity index (χ0n) is 13.6. The molecule has 2 atom stereocenters. The number of rotatable bonds is 5. The number of thiophene rings is 1. The number of amides is 2. The molecule has 2 aliphatic rings. The number of carbonyl (C=O) groups is 1. The molecule has 1 aromatic heterocycles. The van der Waals surface area contributed by atoms with Crippen molar-refractivity contribution >= 4 is 17.4 Å². The van der Waals surface area contributed by atoms with E-state index in [0.29, 0.717) is 19.0 Å². The molecule has 0 aromatic carbocycles. The Labute approximate surface area is 142 Å². The summed E-state index contributed by atoms with van der Waals surface area (Å²) in [5, 5.41) is 17.7. The average molecular weight is 337 g/mol. The van der Waals surface area contributed by atoms with Gasteiger partial charge >= 0.3 is 6.03 Å². The van der Waals surface area contributed by atoms with Gasteiger partial charge in [0, 0.05) is 37.6 Å². The highest BCUT2D eigenvalue weighted by Crippen LogP contribution is 2.24. The van der Waals surface area contributed by atoms with Crippen molar-refractivity contribution in [2.45, 2.75) is 44.8 Å². The van der Waals surface area contributed by atoms with Crippen LogP contribution < -0.4 is 10.6 Å². The number of nitrogens with one attached hydrogen (secondary N) is 2. The predicted octanol–water partition coefficient (Wildman–Crippen LogP) is 1.96. The molecular weight excluding hydrogens is 310 g/mol. The van der Waals surface area contributed by atoms with E-state index in [0.717, 1.165) is 51.7 Å². The second-order valence-electron chi connectivity index (χ2n) is 6.72. The fourth-order valence-corrected chi connectivity index (χ4v) is 4.46. The number of hydrogen-bond acceptors (Lipinski definition) is 4. The Kier molecular flexibility index (Phi) is 5.91. The van der Waals surface area contributed by atoms with E-state index < -0.39 is 0 Å². The summed E-state index contributed by atoms with van der Waals surface area (Å²) >= 11 is 1.85. The van der Waals surface area contributed by atoms with Gasteiger partial charge in [0.25, 0.3) is 0 Å². The van der Waals surface area contributed by atoms with Gasteiger partial charge in [-0.2, -0.15) is 0 Å². The van der Waals surface area contributed by atoms with E-state index in [-0.39, 0.29) is 12.1 Å². The number of carbonyl (C=O) groups excluding carboxylic acids is 1. The van der Waals surface area contributed by atoms with Gasteiger partial charge in [-0.15, -0.1) is 11.3 Å². The number of aliphatic hydroxyl groups excluding tert-OH is 1. The van der Waals surface area contributed by atoms with Crippen LogP contribution in [0.3, 0.4) is 0 Å². The highest BCUT2D eigenvalue weighted by Gasteiger charge is 2.20. The fourth-order valence-electron chi connectivity index (χ4n) is 3.57. The summed E-state index contributed by atoms with van der Waals surface area (Å²) in [5.41, 5.74) is 1.45. The standard InChI is InChI=1S/C17H27N3O2S/c21-15-3-1-2-13(10-15)11-19-17(22)18-6-8-20-7-4-16-14(12-20)5-9-23-16/h5,9,13,15,21H,1-4,6-8,10-12H2,(H2,18,19,22). The van der Waals surface area contributed by atoms with E-state index in [1.165, 1.54) is 10.4 Å². The van der Waals surface area contributed by atoms with Gasteiger partial charge in [0.2, 0.25) is 0 Å². The normalized spacial score (nSPS) is 24.9. The summed E-state index contributed by atoms with van der Waals surface area (Å²) in [6.07, 6.45) is 4.84. The van der Waals surface area contributed by atoms with Gasteiger partial charge in [-0.05, 0) is 48.6 Å². The van der Waals surface area contributed by atoms with Crippen LogP contribution in [0.5, 0.6) is 0 Å². The molecule has 0 saturated heterocycles. The maximum Gasteiger partial charge on any atom is 0.314 e. The van der Waals surface area contributed by atoms with Crippen LogP contribution in [0.2, 0.25) is 0 Å². The first-order chi connectivity index (χ1) is 11.2. The molecule has 2 amide bonds. The topological polar surface area (TPSA) is 64.6 Å². The van der Waals surface area contributed by atoms with Gasteiger partial charge in [0.05, 0.1) is 6.10 Å². The Morgan fingerprint density at radius 3 is 3.17 bits per heavy atom. The van der Waals surface area contributed by atoms with Gasteiger partial charge in [-0.3, -0.25) is 4.90 Å². The second-order valence-corrected chi connectivity index (χ2v) is 7.72. The van der Waals surface area contributed by atoms with Crippen molar-refractivity contribution in [3.8, 4) is 0 Å². The highest BCUT2D eigenvalue weighted by molar-refractivity contribution is 7.10. The number of urea groups is 1. The summed E-state index contributed by atoms with van der Waals surface area (Å²) in [6, 6.07) is 2.13. The molecule has 1 aliphatic carbocycles. The van der Waals surface area contributed by atoms with Crippen molar-refractivity contribution < 1.29 is 9.90 Å². The Morgan fingerprint density at radius 1 is 1.39 bits per heavy atom. The number of nitrogens with zero attached hydrogens (tertiary/aromatic N) is 1. The van der Waals surface area contributed by atoms with Crippen molar-refractivity contribution in [1.29, 1.82) is 0 Å². The summed E-state index contributed by atoms with van der Waals surface area (Å²) in [7, 11) is 0. The monoisotopic (exact) mass is 337 g/mol. The molecule has 23 heavy (non-hydrogen) atoms. The lowest BCUT2D eigenvalue weighted by molar-refractivity contribution is 0.101. The molecule has 5 nitrogen and oxygen atoms in total. The second kappa shape index (κ2) is 8.13. The van der Waals surface area contributed by atoms with Crippen LogP contribution in [0.25, 0.3) is 0 Å². The lowest BCUT2D eigenvalue weighted by Gasteiger charge is -2.27. The average Bonchev–Trinajstić information content (AvgIpc) is 3.01. The van der Waals surface area contributed by atoms with Crippen molar-refractivity contribution in [3.63, 3.8) is 0 Å². The third-order valence-electron chi connectivity index (χ3n) is 4.91. The number of hydrogen-bond donors (Lipinski definition) is 3. The zero-order valence-corrected chi connectivity index (χ0v) is 14.4. The quantitative estimate of drug-likeness (QED) is 0.769. The van der Waals surface area contributed by atoms with Gasteiger partial charge in [0.1, 0.15) is 0 Å². The van der Waals surface area contributed by atoms with Gasteiger partial charge in [-0.25, -0.2) is 4.79 Å². The summed E-state index contributed by atoms with van der Waals surface area (Å²) in [5.74, 6) is 0.420. The lowest BCUT2D eigenvalue weighted by Crippen LogP contribution is -2.43. The first kappa shape index (κ1) is 16.7. The van der Waals surface area contributed by atoms with E-state index in [4.69, 9.17) is 0 Å². The van der Waals surface area contributed by atoms with E-state index >= 15 is 0 Å². The van der Waals surface area contributed by atoms with Crippen molar-refractivity contribution in [2.24, 2.45) is 5.92 Å². The van der Waals surface area contributed by atoms with Crippen LogP contribution in [0, 0.1) is 5.92 Å². The summed E-state index contributed by atoms with van der Waals surface area (Å²) in [6.45, 7) is 4.33. The smallest absolute Gasteiger partial charge is 0.314 e. The minimum atomic E-state index is -0.181. The van der Waals surface area contributed by atoms with Crippen molar-refractivity contribution in [1.82, 2.24) is 15.5 Å². The third kappa shape index (κ3) is 4.93. The molecule has 1 fully saturated rings. The van der Waals surface area contributed by atoms with Crippen LogP contribution in [0.1, 0.15) is 36.1 Å². The molecule has 1 saturated carbocycles. The van der Waals surface area contributed by atoms with Gasteiger partial charge in [0.15, 0.2) is 0 Å². The first-order valence-corrected chi connectivity index (χ1v) is 9.56. The van der Waals surface area contributed by atoms with Crippen LogP contribution in [0.15, 0.2) is 11.4 Å². The minimum Gasteiger partial charge on any atom is -0.393 e. The van der Waals surface area contributed by atoms with Crippen LogP contribution in [-0.2, 0) is 13.0 Å². The van der Waals surface area contributed by atoms with Crippen LogP contribution >= 0.6 is 11.3 Å². The van der Waals surface area contributed by atoms with Crippen molar-refractivity contribution in [3.05, 3.63) is 21.9 Å². The largest absolute Gasteiger partial charge is 0.393 e. The van der Waals surface area contributed by atoms with Crippen molar-refractivity contribution in [2.75, 3.05) is 26.2 Å².